The molecule has 100 valence electrons. The summed E-state index contributed by atoms with van der Waals surface area (Å²) < 4.78 is 14.0. The van der Waals surface area contributed by atoms with E-state index in [4.69, 9.17) is 5.73 Å². The van der Waals surface area contributed by atoms with Gasteiger partial charge in [0.05, 0.1) is 0 Å². The fraction of sp³-hybridized carbons (Fsp3) is 0.538. The Morgan fingerprint density at radius 2 is 2.39 bits per heavy atom. The molecule has 2 rings (SSSR count). The van der Waals surface area contributed by atoms with Gasteiger partial charge in [0.2, 0.25) is 0 Å². The van der Waals surface area contributed by atoms with Gasteiger partial charge in [-0.2, -0.15) is 11.8 Å². The van der Waals surface area contributed by atoms with Crippen molar-refractivity contribution in [1.82, 2.24) is 4.90 Å². The third-order valence-electron chi connectivity index (χ3n) is 3.36. The van der Waals surface area contributed by atoms with Crippen LogP contribution >= 0.6 is 27.7 Å². The summed E-state index contributed by atoms with van der Waals surface area (Å²) in [7, 11) is 0. The molecular formula is C13H18BrFN2S. The van der Waals surface area contributed by atoms with E-state index in [1.165, 1.54) is 12.1 Å². The van der Waals surface area contributed by atoms with Crippen molar-refractivity contribution in [3.05, 3.63) is 34.1 Å². The molecule has 0 radical (unpaired) electrons. The van der Waals surface area contributed by atoms with Crippen LogP contribution in [0.1, 0.15) is 18.5 Å². The SMILES string of the molecule is CC1CSCCN1C(CN)c1ccc(F)cc1Br. The van der Waals surface area contributed by atoms with Crippen LogP contribution in [-0.2, 0) is 0 Å². The first kappa shape index (κ1) is 14.3. The van der Waals surface area contributed by atoms with Crippen molar-refractivity contribution in [2.24, 2.45) is 5.73 Å². The summed E-state index contributed by atoms with van der Waals surface area (Å²) in [5.41, 5.74) is 7.02. The van der Waals surface area contributed by atoms with Gasteiger partial charge < -0.3 is 5.73 Å². The van der Waals surface area contributed by atoms with Crippen LogP contribution in [0.5, 0.6) is 0 Å². The van der Waals surface area contributed by atoms with Crippen molar-refractivity contribution in [2.45, 2.75) is 19.0 Å². The molecular weight excluding hydrogens is 315 g/mol. The number of thioether (sulfide) groups is 1. The summed E-state index contributed by atoms with van der Waals surface area (Å²) in [5.74, 6) is 2.05. The van der Waals surface area contributed by atoms with E-state index in [9.17, 15) is 4.39 Å². The van der Waals surface area contributed by atoms with E-state index in [1.807, 2.05) is 17.8 Å². The standard InChI is InChI=1S/C13H18BrFN2S/c1-9-8-18-5-4-17(9)13(7-16)11-3-2-10(15)6-12(11)14/h2-3,6,9,13H,4-5,7-8,16H2,1H3. The minimum Gasteiger partial charge on any atom is -0.329 e. The van der Waals surface area contributed by atoms with Crippen LogP contribution in [0.3, 0.4) is 0 Å². The fourth-order valence-electron chi connectivity index (χ4n) is 2.42. The minimum absolute atomic E-state index is 0.163. The normalized spacial score (nSPS) is 23.0. The maximum atomic E-state index is 13.2. The number of benzene rings is 1. The van der Waals surface area contributed by atoms with Crippen molar-refractivity contribution in [2.75, 3.05) is 24.6 Å². The molecule has 0 saturated carbocycles. The Morgan fingerprint density at radius 1 is 1.61 bits per heavy atom. The summed E-state index contributed by atoms with van der Waals surface area (Å²) in [6.07, 6.45) is 0. The summed E-state index contributed by atoms with van der Waals surface area (Å²) in [6, 6.07) is 5.53. The van der Waals surface area contributed by atoms with Crippen molar-refractivity contribution in [3.8, 4) is 0 Å². The van der Waals surface area contributed by atoms with E-state index in [0.717, 1.165) is 28.1 Å². The average molecular weight is 333 g/mol. The number of hydrogen-bond acceptors (Lipinski definition) is 3. The Kier molecular flexibility index (Phi) is 5.06. The number of halogens is 2. The summed E-state index contributed by atoms with van der Waals surface area (Å²) in [6.45, 7) is 3.82. The first-order valence-electron chi connectivity index (χ1n) is 6.12. The Balaban J connectivity index is 2.26. The lowest BCUT2D eigenvalue weighted by atomic mass is 10.0. The number of rotatable bonds is 3. The highest BCUT2D eigenvalue weighted by molar-refractivity contribution is 9.10. The zero-order valence-corrected chi connectivity index (χ0v) is 12.8. The van der Waals surface area contributed by atoms with E-state index >= 15 is 0 Å². The summed E-state index contributed by atoms with van der Waals surface area (Å²) in [5, 5.41) is 0. The lowest BCUT2D eigenvalue weighted by Gasteiger charge is -2.39. The second-order valence-corrected chi connectivity index (χ2v) is 6.58. The topological polar surface area (TPSA) is 29.3 Å². The van der Waals surface area contributed by atoms with Crippen LogP contribution in [0.4, 0.5) is 4.39 Å². The third kappa shape index (κ3) is 3.07. The Hall–Kier alpha value is -0.100. The first-order valence-corrected chi connectivity index (χ1v) is 8.06. The lowest BCUT2D eigenvalue weighted by molar-refractivity contribution is 0.165. The van der Waals surface area contributed by atoms with Gasteiger partial charge >= 0.3 is 0 Å². The van der Waals surface area contributed by atoms with E-state index in [0.29, 0.717) is 12.6 Å². The van der Waals surface area contributed by atoms with Gasteiger partial charge in [0.1, 0.15) is 5.82 Å². The fourth-order valence-corrected chi connectivity index (χ4v) is 4.07. The number of nitrogens with zero attached hydrogens (tertiary/aromatic N) is 1. The molecule has 1 heterocycles. The highest BCUT2D eigenvalue weighted by Crippen LogP contribution is 2.31. The highest BCUT2D eigenvalue weighted by Gasteiger charge is 2.27. The molecule has 0 aliphatic carbocycles. The maximum absolute atomic E-state index is 13.2. The molecule has 2 nitrogen and oxygen atoms in total. The molecule has 1 saturated heterocycles. The van der Waals surface area contributed by atoms with Crippen LogP contribution in [0.15, 0.2) is 22.7 Å². The van der Waals surface area contributed by atoms with Gasteiger partial charge in [-0.3, -0.25) is 4.90 Å². The number of hydrogen-bond donors (Lipinski definition) is 1. The molecule has 18 heavy (non-hydrogen) atoms. The van der Waals surface area contributed by atoms with Gasteiger partial charge in [0, 0.05) is 41.2 Å². The van der Waals surface area contributed by atoms with Crippen LogP contribution in [0.25, 0.3) is 0 Å². The first-order chi connectivity index (χ1) is 8.63. The molecule has 1 aromatic carbocycles. The number of nitrogens with two attached hydrogens (primary N) is 1. The van der Waals surface area contributed by atoms with Crippen molar-refractivity contribution >= 4 is 27.7 Å². The molecule has 0 spiro atoms. The third-order valence-corrected chi connectivity index (χ3v) is 5.24. The molecule has 1 aliphatic heterocycles. The molecule has 2 N–H and O–H groups in total. The largest absolute Gasteiger partial charge is 0.329 e. The van der Waals surface area contributed by atoms with Crippen LogP contribution in [0, 0.1) is 5.82 Å². The van der Waals surface area contributed by atoms with Gasteiger partial charge in [-0.25, -0.2) is 4.39 Å². The summed E-state index contributed by atoms with van der Waals surface area (Å²) in [4.78, 5) is 2.43. The smallest absolute Gasteiger partial charge is 0.124 e. The average Bonchev–Trinajstić information content (AvgIpc) is 2.34. The molecule has 1 aromatic rings. The lowest BCUT2D eigenvalue weighted by Crippen LogP contribution is -2.45. The zero-order chi connectivity index (χ0) is 13.1. The quantitative estimate of drug-likeness (QED) is 0.922. The second-order valence-electron chi connectivity index (χ2n) is 4.58. The molecule has 1 aliphatic rings. The second kappa shape index (κ2) is 6.37. The van der Waals surface area contributed by atoms with Gasteiger partial charge in [-0.15, -0.1) is 0 Å². The van der Waals surface area contributed by atoms with E-state index in [1.54, 1.807) is 0 Å². The zero-order valence-electron chi connectivity index (χ0n) is 10.4. The Morgan fingerprint density at radius 3 is 3.00 bits per heavy atom. The Bertz CT molecular complexity index is 416. The monoisotopic (exact) mass is 332 g/mol. The highest BCUT2D eigenvalue weighted by atomic mass is 79.9. The van der Waals surface area contributed by atoms with Crippen molar-refractivity contribution in [3.63, 3.8) is 0 Å². The minimum atomic E-state index is -0.219. The van der Waals surface area contributed by atoms with Gasteiger partial charge in [0.25, 0.3) is 0 Å². The molecule has 0 aromatic heterocycles. The van der Waals surface area contributed by atoms with E-state index < -0.39 is 0 Å². The molecule has 0 amide bonds. The molecule has 5 heteroatoms. The maximum Gasteiger partial charge on any atom is 0.124 e. The van der Waals surface area contributed by atoms with E-state index in [2.05, 4.69) is 27.8 Å². The predicted molar refractivity (Wildman–Crippen MR) is 79.4 cm³/mol. The molecule has 0 bridgehead atoms. The van der Waals surface area contributed by atoms with Crippen LogP contribution in [-0.4, -0.2) is 35.5 Å². The van der Waals surface area contributed by atoms with Gasteiger partial charge in [-0.05, 0) is 24.6 Å². The summed E-state index contributed by atoms with van der Waals surface area (Å²) >= 11 is 5.43. The van der Waals surface area contributed by atoms with E-state index in [-0.39, 0.29) is 11.9 Å². The Labute approximate surface area is 120 Å². The van der Waals surface area contributed by atoms with Crippen molar-refractivity contribution < 1.29 is 4.39 Å². The van der Waals surface area contributed by atoms with Crippen LogP contribution < -0.4 is 5.73 Å². The van der Waals surface area contributed by atoms with Gasteiger partial charge in [-0.1, -0.05) is 22.0 Å². The van der Waals surface area contributed by atoms with Gasteiger partial charge in [0.15, 0.2) is 0 Å². The van der Waals surface area contributed by atoms with Crippen LogP contribution in [0.2, 0.25) is 0 Å². The molecule has 1 fully saturated rings. The molecule has 2 atom stereocenters. The van der Waals surface area contributed by atoms with Crippen molar-refractivity contribution in [1.29, 1.82) is 0 Å². The predicted octanol–water partition coefficient (Wildman–Crippen LogP) is 3.03. The molecule has 2 unspecified atom stereocenters.